The van der Waals surface area contributed by atoms with E-state index in [1.54, 1.807) is 0 Å². The number of carbonyl (C=O) groups excluding carboxylic acids is 2. The molecule has 0 aromatic rings. The van der Waals surface area contributed by atoms with Crippen LogP contribution < -0.4 is 0 Å². The number of hydrogen-bond acceptors (Lipinski definition) is 5. The molecule has 5 heteroatoms. The minimum atomic E-state index is -0.533. The van der Waals surface area contributed by atoms with E-state index in [4.69, 9.17) is 14.2 Å². The Labute approximate surface area is 368 Å². The molecular weight excluding hydrogens is 729 g/mol. The van der Waals surface area contributed by atoms with Crippen LogP contribution in [0.5, 0.6) is 0 Å². The Morgan fingerprint density at radius 1 is 0.373 bits per heavy atom. The lowest BCUT2D eigenvalue weighted by molar-refractivity contribution is -0.163. The fourth-order valence-corrected chi connectivity index (χ4v) is 7.78. The van der Waals surface area contributed by atoms with Gasteiger partial charge in [-0.2, -0.15) is 0 Å². The fourth-order valence-electron chi connectivity index (χ4n) is 7.78. The summed E-state index contributed by atoms with van der Waals surface area (Å²) in [6.07, 6.45) is 58.9. The van der Waals surface area contributed by atoms with Gasteiger partial charge in [0.15, 0.2) is 6.10 Å². The van der Waals surface area contributed by atoms with E-state index in [0.717, 1.165) is 51.4 Å². The zero-order valence-electron chi connectivity index (χ0n) is 40.0. The van der Waals surface area contributed by atoms with Crippen LogP contribution in [-0.4, -0.2) is 37.9 Å². The Kier molecular flexibility index (Phi) is 49.3. The number of hydrogen-bond donors (Lipinski definition) is 0. The zero-order chi connectivity index (χ0) is 42.8. The molecule has 0 rings (SSSR count). The van der Waals surface area contributed by atoms with Gasteiger partial charge in [-0.15, -0.1) is 0 Å². The molecule has 0 aliphatic heterocycles. The van der Waals surface area contributed by atoms with Gasteiger partial charge in [0.05, 0.1) is 6.61 Å². The number of unbranched alkanes of at least 4 members (excludes halogenated alkanes) is 34. The van der Waals surface area contributed by atoms with Crippen molar-refractivity contribution in [2.45, 2.75) is 290 Å². The van der Waals surface area contributed by atoms with Gasteiger partial charge in [0.2, 0.25) is 0 Å². The summed E-state index contributed by atoms with van der Waals surface area (Å²) in [5.74, 6) is -0.395. The van der Waals surface area contributed by atoms with Crippen LogP contribution in [0, 0.1) is 0 Å². The molecule has 0 amide bonds. The van der Waals surface area contributed by atoms with Crippen molar-refractivity contribution in [2.75, 3.05) is 19.8 Å². The van der Waals surface area contributed by atoms with Crippen LogP contribution in [0.25, 0.3) is 0 Å². The van der Waals surface area contributed by atoms with Crippen LogP contribution in [0.4, 0.5) is 0 Å². The van der Waals surface area contributed by atoms with Crippen molar-refractivity contribution in [2.24, 2.45) is 0 Å². The molecule has 0 heterocycles. The van der Waals surface area contributed by atoms with E-state index in [2.05, 4.69) is 45.1 Å². The normalized spacial score (nSPS) is 12.3. The molecule has 0 unspecified atom stereocenters. The van der Waals surface area contributed by atoms with Crippen LogP contribution in [0.2, 0.25) is 0 Å². The minimum Gasteiger partial charge on any atom is -0.462 e. The summed E-state index contributed by atoms with van der Waals surface area (Å²) in [5.41, 5.74) is 0. The number of carbonyl (C=O) groups is 2. The van der Waals surface area contributed by atoms with Crippen molar-refractivity contribution in [3.05, 3.63) is 24.3 Å². The first-order valence-corrected chi connectivity index (χ1v) is 26.4. The average molecular weight is 831 g/mol. The highest BCUT2D eigenvalue weighted by Crippen LogP contribution is 2.16. The summed E-state index contributed by atoms with van der Waals surface area (Å²) in [5, 5.41) is 0. The standard InChI is InChI=1S/C54H102O5/c1-4-7-10-13-16-19-22-25-27-29-31-34-37-40-43-46-49-57-50-52(59-54(56)48-45-42-39-36-32-24-21-18-15-12-9-6-3)51-58-53(55)47-44-41-38-35-33-30-28-26-23-20-17-14-11-8-5-2/h17,20,26,28,52H,4-16,18-19,21-25,27,29-51H2,1-3H3/b20-17-,28-26-/t52-/m1/s1. The second-order valence-electron chi connectivity index (χ2n) is 17.8. The molecule has 0 spiro atoms. The Balaban J connectivity index is 4.22. The van der Waals surface area contributed by atoms with Crippen LogP contribution >= 0.6 is 0 Å². The maximum Gasteiger partial charge on any atom is 0.306 e. The number of ether oxygens (including phenoxy) is 3. The molecule has 0 aliphatic carbocycles. The Morgan fingerprint density at radius 2 is 0.712 bits per heavy atom. The predicted octanol–water partition coefficient (Wildman–Crippen LogP) is 17.6. The average Bonchev–Trinajstić information content (AvgIpc) is 3.24. The van der Waals surface area contributed by atoms with Crippen molar-refractivity contribution >= 4 is 11.9 Å². The third-order valence-electron chi connectivity index (χ3n) is 11.7. The van der Waals surface area contributed by atoms with Gasteiger partial charge in [-0.25, -0.2) is 0 Å². The molecule has 0 N–H and O–H groups in total. The lowest BCUT2D eigenvalue weighted by Crippen LogP contribution is -2.30. The van der Waals surface area contributed by atoms with Crippen LogP contribution in [-0.2, 0) is 23.8 Å². The summed E-state index contributed by atoms with van der Waals surface area (Å²) < 4.78 is 17.4. The van der Waals surface area contributed by atoms with E-state index in [-0.39, 0.29) is 18.5 Å². The fraction of sp³-hybridized carbons (Fsp3) is 0.889. The molecule has 0 bridgehead atoms. The molecule has 1 atom stereocenters. The van der Waals surface area contributed by atoms with E-state index in [1.807, 2.05) is 0 Å². The first-order valence-electron chi connectivity index (χ1n) is 26.4. The Bertz CT molecular complexity index is 897. The maximum absolute atomic E-state index is 12.8. The monoisotopic (exact) mass is 831 g/mol. The van der Waals surface area contributed by atoms with Gasteiger partial charge in [-0.3, -0.25) is 9.59 Å². The Hall–Kier alpha value is -1.62. The highest BCUT2D eigenvalue weighted by molar-refractivity contribution is 5.70. The molecule has 0 saturated carbocycles. The highest BCUT2D eigenvalue weighted by atomic mass is 16.6. The molecule has 0 fully saturated rings. The van der Waals surface area contributed by atoms with Crippen LogP contribution in [0.1, 0.15) is 284 Å². The summed E-state index contributed by atoms with van der Waals surface area (Å²) in [7, 11) is 0. The van der Waals surface area contributed by atoms with Crippen molar-refractivity contribution in [3.8, 4) is 0 Å². The van der Waals surface area contributed by atoms with Crippen molar-refractivity contribution in [3.63, 3.8) is 0 Å². The maximum atomic E-state index is 12.8. The van der Waals surface area contributed by atoms with Crippen LogP contribution in [0.3, 0.4) is 0 Å². The van der Waals surface area contributed by atoms with Gasteiger partial charge in [-0.1, -0.05) is 244 Å². The van der Waals surface area contributed by atoms with Gasteiger partial charge < -0.3 is 14.2 Å². The van der Waals surface area contributed by atoms with Crippen molar-refractivity contribution < 1.29 is 23.8 Å². The molecule has 59 heavy (non-hydrogen) atoms. The summed E-state index contributed by atoms with van der Waals surface area (Å²) >= 11 is 0. The third-order valence-corrected chi connectivity index (χ3v) is 11.7. The highest BCUT2D eigenvalue weighted by Gasteiger charge is 2.17. The van der Waals surface area contributed by atoms with Crippen molar-refractivity contribution in [1.29, 1.82) is 0 Å². The van der Waals surface area contributed by atoms with Gasteiger partial charge in [0.25, 0.3) is 0 Å². The van der Waals surface area contributed by atoms with E-state index >= 15 is 0 Å². The van der Waals surface area contributed by atoms with Crippen LogP contribution in [0.15, 0.2) is 24.3 Å². The number of allylic oxidation sites excluding steroid dienone is 4. The first kappa shape index (κ1) is 57.4. The quantitative estimate of drug-likeness (QED) is 0.0347. The lowest BCUT2D eigenvalue weighted by atomic mass is 10.0. The second-order valence-corrected chi connectivity index (χ2v) is 17.8. The minimum absolute atomic E-state index is 0.0856. The van der Waals surface area contributed by atoms with Crippen molar-refractivity contribution in [1.82, 2.24) is 0 Å². The number of esters is 2. The zero-order valence-corrected chi connectivity index (χ0v) is 40.0. The smallest absolute Gasteiger partial charge is 0.306 e. The summed E-state index contributed by atoms with van der Waals surface area (Å²) in [6, 6.07) is 0. The molecular formula is C54H102O5. The molecule has 0 aromatic carbocycles. The van der Waals surface area contributed by atoms with Gasteiger partial charge in [0, 0.05) is 19.4 Å². The third kappa shape index (κ3) is 48.9. The molecule has 0 aromatic heterocycles. The largest absolute Gasteiger partial charge is 0.462 e. The van der Waals surface area contributed by atoms with Gasteiger partial charge >= 0.3 is 11.9 Å². The summed E-state index contributed by atoms with van der Waals surface area (Å²) in [6.45, 7) is 7.84. The second kappa shape index (κ2) is 50.7. The molecule has 5 nitrogen and oxygen atoms in total. The SMILES string of the molecule is CCCCC/C=C\C/C=C\CCCCCCCC(=O)OC[C@@H](COCCCCCCCCCCCCCCCCCC)OC(=O)CCCCCCCCCCCCCC. The van der Waals surface area contributed by atoms with Gasteiger partial charge in [0.1, 0.15) is 6.61 Å². The first-order chi connectivity index (χ1) is 29.1. The molecule has 0 saturated heterocycles. The number of rotatable bonds is 49. The Morgan fingerprint density at radius 3 is 1.15 bits per heavy atom. The predicted molar refractivity (Wildman–Crippen MR) is 256 cm³/mol. The van der Waals surface area contributed by atoms with E-state index in [0.29, 0.717) is 26.1 Å². The molecule has 348 valence electrons. The van der Waals surface area contributed by atoms with E-state index in [1.165, 1.54) is 199 Å². The molecule has 0 aliphatic rings. The summed E-state index contributed by atoms with van der Waals surface area (Å²) in [4.78, 5) is 25.4. The lowest BCUT2D eigenvalue weighted by Gasteiger charge is -2.18. The van der Waals surface area contributed by atoms with E-state index in [9.17, 15) is 9.59 Å². The topological polar surface area (TPSA) is 61.8 Å². The molecule has 0 radical (unpaired) electrons. The van der Waals surface area contributed by atoms with E-state index < -0.39 is 6.10 Å². The van der Waals surface area contributed by atoms with Gasteiger partial charge in [-0.05, 0) is 51.4 Å².